The normalized spacial score (nSPS) is 52.1. The third-order valence-corrected chi connectivity index (χ3v) is 9.79. The fourth-order valence-corrected chi connectivity index (χ4v) is 8.29. The van der Waals surface area contributed by atoms with Gasteiger partial charge in [-0.3, -0.25) is 4.79 Å². The van der Waals surface area contributed by atoms with E-state index >= 15 is 0 Å². The Morgan fingerprint density at radius 3 is 2.50 bits per heavy atom. The molecule has 9 atom stereocenters. The number of aliphatic hydroxyl groups excluding tert-OH is 2. The molecule has 4 aliphatic rings. The molecule has 4 saturated carbocycles. The predicted octanol–water partition coefficient (Wildman–Crippen LogP) is 4.20. The molecule has 0 bridgehead atoms. The Morgan fingerprint density at radius 1 is 1.08 bits per heavy atom. The lowest BCUT2D eigenvalue weighted by Gasteiger charge is -2.60. The SMILES string of the molecule is CC(CCO)[C@H]1CCC2C3C(=O)CC4C[C@H](O)CC[C@]4(C)C3CC[C@@]21C. The van der Waals surface area contributed by atoms with E-state index in [9.17, 15) is 15.0 Å². The van der Waals surface area contributed by atoms with Gasteiger partial charge in [-0.05, 0) is 91.8 Å². The molecule has 4 rings (SSSR count). The zero-order valence-corrected chi connectivity index (χ0v) is 16.9. The second-order valence-electron chi connectivity index (χ2n) is 10.8. The first-order valence-corrected chi connectivity index (χ1v) is 11.1. The number of Topliss-reactive ketones (excluding diaryl/α,β-unsaturated/α-hetero) is 1. The van der Waals surface area contributed by atoms with Gasteiger partial charge in [-0.15, -0.1) is 0 Å². The summed E-state index contributed by atoms with van der Waals surface area (Å²) in [7, 11) is 0. The van der Waals surface area contributed by atoms with Gasteiger partial charge in [0.25, 0.3) is 0 Å². The summed E-state index contributed by atoms with van der Waals surface area (Å²) in [5.41, 5.74) is 0.538. The maximum absolute atomic E-state index is 13.3. The Bertz CT molecular complexity index is 560. The molecular formula is C23H38O3. The molecule has 0 aromatic heterocycles. The summed E-state index contributed by atoms with van der Waals surface area (Å²) in [5.74, 6) is 3.46. The summed E-state index contributed by atoms with van der Waals surface area (Å²) in [4.78, 5) is 13.3. The predicted molar refractivity (Wildman–Crippen MR) is 102 cm³/mol. The molecular weight excluding hydrogens is 324 g/mol. The van der Waals surface area contributed by atoms with Crippen molar-refractivity contribution in [2.75, 3.05) is 6.61 Å². The van der Waals surface area contributed by atoms with Crippen LogP contribution in [0.3, 0.4) is 0 Å². The Morgan fingerprint density at radius 2 is 1.77 bits per heavy atom. The smallest absolute Gasteiger partial charge is 0.136 e. The van der Waals surface area contributed by atoms with Gasteiger partial charge in [0.15, 0.2) is 0 Å². The van der Waals surface area contributed by atoms with E-state index in [-0.39, 0.29) is 29.5 Å². The van der Waals surface area contributed by atoms with Crippen LogP contribution in [0.25, 0.3) is 0 Å². The van der Waals surface area contributed by atoms with Gasteiger partial charge in [0, 0.05) is 18.9 Å². The van der Waals surface area contributed by atoms with Crippen molar-refractivity contribution >= 4 is 5.78 Å². The van der Waals surface area contributed by atoms with Crippen LogP contribution in [-0.2, 0) is 4.79 Å². The number of rotatable bonds is 3. The number of ketones is 1. The minimum absolute atomic E-state index is 0.193. The second kappa shape index (κ2) is 6.58. The Kier molecular flexibility index (Phi) is 4.79. The van der Waals surface area contributed by atoms with Crippen molar-refractivity contribution in [3.05, 3.63) is 0 Å². The Hall–Kier alpha value is -0.410. The molecule has 0 radical (unpaired) electrons. The molecule has 0 heterocycles. The zero-order valence-electron chi connectivity index (χ0n) is 16.9. The molecule has 0 amide bonds. The van der Waals surface area contributed by atoms with Crippen LogP contribution in [0.15, 0.2) is 0 Å². The lowest BCUT2D eigenvalue weighted by atomic mass is 9.44. The molecule has 0 aromatic rings. The number of carbonyl (C=O) groups excluding carboxylic acids is 1. The van der Waals surface area contributed by atoms with Crippen molar-refractivity contribution < 1.29 is 15.0 Å². The van der Waals surface area contributed by atoms with Crippen LogP contribution in [0.1, 0.15) is 78.6 Å². The average Bonchev–Trinajstić information content (AvgIpc) is 2.94. The average molecular weight is 363 g/mol. The summed E-state index contributed by atoms with van der Waals surface area (Å²) >= 11 is 0. The standard InChI is InChI=1S/C23H38O3/c1-14(8-11-24)17-4-5-18-21-19(7-10-23(17,18)3)22(2)9-6-16(25)12-15(22)13-20(21)26/h14-19,21,24-25H,4-13H2,1-3H3/t14?,15?,16-,17-,18?,19?,21?,22+,23-/m1/s1. The van der Waals surface area contributed by atoms with Crippen molar-refractivity contribution in [2.45, 2.75) is 84.7 Å². The van der Waals surface area contributed by atoms with Gasteiger partial charge in [-0.2, -0.15) is 0 Å². The van der Waals surface area contributed by atoms with Gasteiger partial charge in [-0.1, -0.05) is 20.8 Å². The van der Waals surface area contributed by atoms with E-state index in [4.69, 9.17) is 0 Å². The summed E-state index contributed by atoms with van der Waals surface area (Å²) in [6.45, 7) is 7.50. The minimum atomic E-state index is -0.193. The van der Waals surface area contributed by atoms with Gasteiger partial charge in [0.05, 0.1) is 6.10 Å². The third-order valence-electron chi connectivity index (χ3n) is 9.79. The molecule has 0 saturated heterocycles. The van der Waals surface area contributed by atoms with Gasteiger partial charge in [0.1, 0.15) is 5.78 Å². The molecule has 148 valence electrons. The van der Waals surface area contributed by atoms with Crippen LogP contribution in [0.2, 0.25) is 0 Å². The van der Waals surface area contributed by atoms with Crippen molar-refractivity contribution in [3.63, 3.8) is 0 Å². The molecule has 0 aromatic carbocycles. The van der Waals surface area contributed by atoms with E-state index in [0.29, 0.717) is 41.8 Å². The van der Waals surface area contributed by atoms with Gasteiger partial charge in [-0.25, -0.2) is 0 Å². The summed E-state index contributed by atoms with van der Waals surface area (Å²) in [6.07, 6.45) is 9.14. The lowest BCUT2D eigenvalue weighted by Crippen LogP contribution is -2.57. The molecule has 0 aliphatic heterocycles. The maximum Gasteiger partial charge on any atom is 0.136 e. The Balaban J connectivity index is 1.62. The first-order chi connectivity index (χ1) is 12.3. The molecule has 0 spiro atoms. The second-order valence-corrected chi connectivity index (χ2v) is 10.8. The molecule has 4 aliphatic carbocycles. The highest BCUT2D eigenvalue weighted by atomic mass is 16.3. The lowest BCUT2D eigenvalue weighted by molar-refractivity contribution is -0.160. The van der Waals surface area contributed by atoms with Crippen LogP contribution in [0, 0.1) is 46.3 Å². The van der Waals surface area contributed by atoms with Crippen molar-refractivity contribution in [2.24, 2.45) is 46.3 Å². The first-order valence-electron chi connectivity index (χ1n) is 11.1. The van der Waals surface area contributed by atoms with Gasteiger partial charge >= 0.3 is 0 Å². The van der Waals surface area contributed by atoms with Gasteiger partial charge in [0.2, 0.25) is 0 Å². The number of hydrogen-bond donors (Lipinski definition) is 2. The van der Waals surface area contributed by atoms with E-state index in [2.05, 4.69) is 20.8 Å². The fraction of sp³-hybridized carbons (Fsp3) is 0.957. The maximum atomic E-state index is 13.3. The van der Waals surface area contributed by atoms with E-state index in [1.807, 2.05) is 0 Å². The number of carbonyl (C=O) groups is 1. The number of hydrogen-bond acceptors (Lipinski definition) is 3. The third kappa shape index (κ3) is 2.64. The molecule has 4 fully saturated rings. The van der Waals surface area contributed by atoms with E-state index in [1.54, 1.807) is 0 Å². The molecule has 3 nitrogen and oxygen atoms in total. The molecule has 3 heteroatoms. The first kappa shape index (κ1) is 18.9. The number of aliphatic hydroxyl groups is 2. The number of fused-ring (bicyclic) bond motifs is 5. The molecule has 26 heavy (non-hydrogen) atoms. The van der Waals surface area contributed by atoms with Crippen LogP contribution in [0.4, 0.5) is 0 Å². The fourth-order valence-electron chi connectivity index (χ4n) is 8.29. The highest BCUT2D eigenvalue weighted by Gasteiger charge is 2.62. The van der Waals surface area contributed by atoms with Crippen molar-refractivity contribution in [1.82, 2.24) is 0 Å². The van der Waals surface area contributed by atoms with Crippen molar-refractivity contribution in [3.8, 4) is 0 Å². The Labute approximate surface area is 158 Å². The highest BCUT2D eigenvalue weighted by Crippen LogP contribution is 2.67. The van der Waals surface area contributed by atoms with Crippen LogP contribution < -0.4 is 0 Å². The van der Waals surface area contributed by atoms with E-state index in [0.717, 1.165) is 25.7 Å². The van der Waals surface area contributed by atoms with Crippen LogP contribution >= 0.6 is 0 Å². The zero-order chi connectivity index (χ0) is 18.7. The summed E-state index contributed by atoms with van der Waals surface area (Å²) < 4.78 is 0. The topological polar surface area (TPSA) is 57.5 Å². The van der Waals surface area contributed by atoms with Crippen molar-refractivity contribution in [1.29, 1.82) is 0 Å². The van der Waals surface area contributed by atoms with Crippen LogP contribution in [0.5, 0.6) is 0 Å². The van der Waals surface area contributed by atoms with Gasteiger partial charge < -0.3 is 10.2 Å². The monoisotopic (exact) mass is 362 g/mol. The largest absolute Gasteiger partial charge is 0.396 e. The highest BCUT2D eigenvalue weighted by molar-refractivity contribution is 5.83. The molecule has 2 N–H and O–H groups in total. The summed E-state index contributed by atoms with van der Waals surface area (Å²) in [5, 5.41) is 19.6. The van der Waals surface area contributed by atoms with E-state index in [1.165, 1.54) is 25.7 Å². The minimum Gasteiger partial charge on any atom is -0.396 e. The molecule has 5 unspecified atom stereocenters. The quantitative estimate of drug-likeness (QED) is 0.791. The van der Waals surface area contributed by atoms with E-state index < -0.39 is 0 Å². The summed E-state index contributed by atoms with van der Waals surface area (Å²) in [6, 6.07) is 0. The van der Waals surface area contributed by atoms with Crippen LogP contribution in [-0.4, -0.2) is 28.7 Å².